The highest BCUT2D eigenvalue weighted by molar-refractivity contribution is 7.92. The molecule has 0 radical (unpaired) electrons. The maximum absolute atomic E-state index is 12.8. The Morgan fingerprint density at radius 2 is 1.77 bits per heavy atom. The number of carbonyl (C=O) groups is 1. The minimum Gasteiger partial charge on any atom is -0.460 e. The highest BCUT2D eigenvalue weighted by Crippen LogP contribution is 2.34. The smallest absolute Gasteiger partial charge is 0.342 e. The van der Waals surface area contributed by atoms with Gasteiger partial charge in [-0.2, -0.15) is 0 Å². The molecule has 160 valence electrons. The average molecular weight is 493 g/mol. The van der Waals surface area contributed by atoms with Crippen molar-refractivity contribution >= 4 is 67.5 Å². The minimum absolute atomic E-state index is 0.0449. The molecule has 0 spiro atoms. The Morgan fingerprint density at radius 3 is 2.47 bits per heavy atom. The van der Waals surface area contributed by atoms with Crippen molar-refractivity contribution in [3.05, 3.63) is 56.7 Å². The van der Waals surface area contributed by atoms with E-state index in [0.717, 1.165) is 6.07 Å². The van der Waals surface area contributed by atoms with Crippen LogP contribution in [0.1, 0.15) is 16.1 Å². The second-order valence-electron chi connectivity index (χ2n) is 6.18. The largest absolute Gasteiger partial charge is 0.460 e. The minimum atomic E-state index is -4.08. The molecule has 0 saturated carbocycles. The highest BCUT2D eigenvalue weighted by atomic mass is 35.5. The molecule has 0 aliphatic heterocycles. The summed E-state index contributed by atoms with van der Waals surface area (Å²) in [5.74, 6) is -0.254. The topological polar surface area (TPSA) is 94.8 Å². The van der Waals surface area contributed by atoms with E-state index in [4.69, 9.17) is 48.7 Å². The number of esters is 1. The number of sulfonamides is 1. The van der Waals surface area contributed by atoms with Crippen molar-refractivity contribution in [2.45, 2.75) is 11.8 Å². The van der Waals surface area contributed by atoms with Gasteiger partial charge in [-0.25, -0.2) is 13.2 Å². The lowest BCUT2D eigenvalue weighted by molar-refractivity contribution is 0.0388. The van der Waals surface area contributed by atoms with Gasteiger partial charge in [0.05, 0.1) is 21.7 Å². The van der Waals surface area contributed by atoms with Crippen molar-refractivity contribution in [3.63, 3.8) is 0 Å². The summed E-state index contributed by atoms with van der Waals surface area (Å²) in [6.07, 6.45) is 0. The summed E-state index contributed by atoms with van der Waals surface area (Å²) >= 11 is 17.8. The lowest BCUT2D eigenvalue weighted by Gasteiger charge is -2.11. The quantitative estimate of drug-likeness (QED) is 0.273. The SMILES string of the molecule is COCCOC(=O)c1c(C)oc2ccc(NS(=O)(=O)c3cc(Cl)c(Cl)cc3Cl)cc12. The van der Waals surface area contributed by atoms with Crippen LogP contribution in [0.4, 0.5) is 5.69 Å². The van der Waals surface area contributed by atoms with Crippen LogP contribution >= 0.6 is 34.8 Å². The monoisotopic (exact) mass is 491 g/mol. The van der Waals surface area contributed by atoms with Crippen LogP contribution in [0.3, 0.4) is 0 Å². The molecule has 0 aliphatic carbocycles. The number of fused-ring (bicyclic) bond motifs is 1. The molecule has 0 bridgehead atoms. The lowest BCUT2D eigenvalue weighted by atomic mass is 10.1. The summed E-state index contributed by atoms with van der Waals surface area (Å²) in [6.45, 7) is 1.94. The van der Waals surface area contributed by atoms with E-state index in [1.54, 1.807) is 13.0 Å². The first-order valence-corrected chi connectivity index (χ1v) is 11.1. The molecule has 0 amide bonds. The van der Waals surface area contributed by atoms with Crippen molar-refractivity contribution in [3.8, 4) is 0 Å². The van der Waals surface area contributed by atoms with Crippen molar-refractivity contribution in [1.82, 2.24) is 0 Å². The predicted molar refractivity (Wildman–Crippen MR) is 115 cm³/mol. The zero-order valence-electron chi connectivity index (χ0n) is 15.8. The van der Waals surface area contributed by atoms with E-state index in [1.165, 1.54) is 25.3 Å². The number of aryl methyl sites for hydroxylation is 1. The number of carbonyl (C=O) groups excluding carboxylic acids is 1. The molecule has 0 fully saturated rings. The second kappa shape index (κ2) is 9.03. The number of methoxy groups -OCH3 is 1. The summed E-state index contributed by atoms with van der Waals surface area (Å²) in [5.41, 5.74) is 0.799. The molecule has 1 N–H and O–H groups in total. The van der Waals surface area contributed by atoms with Crippen molar-refractivity contribution in [2.24, 2.45) is 0 Å². The van der Waals surface area contributed by atoms with Gasteiger partial charge in [-0.3, -0.25) is 4.72 Å². The third kappa shape index (κ3) is 4.68. The van der Waals surface area contributed by atoms with Crippen LogP contribution in [0.15, 0.2) is 39.6 Å². The molecular formula is C19H16Cl3NO6S. The van der Waals surface area contributed by atoms with Crippen LogP contribution in [0.25, 0.3) is 11.0 Å². The predicted octanol–water partition coefficient (Wildman–Crippen LogP) is 5.31. The number of rotatable bonds is 7. The van der Waals surface area contributed by atoms with E-state index in [0.29, 0.717) is 16.7 Å². The van der Waals surface area contributed by atoms with E-state index in [9.17, 15) is 13.2 Å². The zero-order valence-corrected chi connectivity index (χ0v) is 18.9. The molecule has 1 aromatic heterocycles. The van der Waals surface area contributed by atoms with E-state index in [1.807, 2.05) is 0 Å². The van der Waals surface area contributed by atoms with Crippen LogP contribution in [0.2, 0.25) is 15.1 Å². The molecule has 0 unspecified atom stereocenters. The van der Waals surface area contributed by atoms with Gasteiger partial charge < -0.3 is 13.9 Å². The molecule has 0 atom stereocenters. The molecule has 7 nitrogen and oxygen atoms in total. The highest BCUT2D eigenvalue weighted by Gasteiger charge is 2.23. The average Bonchev–Trinajstić information content (AvgIpc) is 2.99. The fraction of sp³-hybridized carbons (Fsp3) is 0.211. The van der Waals surface area contributed by atoms with E-state index in [-0.39, 0.29) is 44.4 Å². The Hall–Kier alpha value is -1.97. The fourth-order valence-corrected chi connectivity index (χ4v) is 4.80. The zero-order chi connectivity index (χ0) is 22.1. The number of nitrogens with one attached hydrogen (secondary N) is 1. The Balaban J connectivity index is 1.96. The van der Waals surface area contributed by atoms with Gasteiger partial charge in [-0.15, -0.1) is 0 Å². The van der Waals surface area contributed by atoms with Gasteiger partial charge in [-0.1, -0.05) is 34.8 Å². The van der Waals surface area contributed by atoms with Crippen LogP contribution < -0.4 is 4.72 Å². The summed E-state index contributed by atoms with van der Waals surface area (Å²) in [6, 6.07) is 6.92. The van der Waals surface area contributed by atoms with Crippen molar-refractivity contribution in [2.75, 3.05) is 25.0 Å². The maximum Gasteiger partial charge on any atom is 0.342 e. The van der Waals surface area contributed by atoms with Gasteiger partial charge in [0.2, 0.25) is 0 Å². The van der Waals surface area contributed by atoms with E-state index < -0.39 is 16.0 Å². The third-order valence-electron chi connectivity index (χ3n) is 4.11. The Kier molecular flexibility index (Phi) is 6.84. The number of ether oxygens (including phenoxy) is 2. The van der Waals surface area contributed by atoms with Crippen LogP contribution in [0, 0.1) is 6.92 Å². The molecule has 3 rings (SSSR count). The third-order valence-corrected chi connectivity index (χ3v) is 6.67. The molecule has 3 aromatic rings. The van der Waals surface area contributed by atoms with Gasteiger partial charge >= 0.3 is 5.97 Å². The molecule has 2 aromatic carbocycles. The lowest BCUT2D eigenvalue weighted by Crippen LogP contribution is -2.14. The summed E-state index contributed by atoms with van der Waals surface area (Å²) in [7, 11) is -2.59. The number of benzene rings is 2. The van der Waals surface area contributed by atoms with E-state index in [2.05, 4.69) is 4.72 Å². The number of anilines is 1. The van der Waals surface area contributed by atoms with Crippen LogP contribution in [0.5, 0.6) is 0 Å². The maximum atomic E-state index is 12.8. The summed E-state index contributed by atoms with van der Waals surface area (Å²) in [4.78, 5) is 12.2. The molecule has 11 heteroatoms. The second-order valence-corrected chi connectivity index (χ2v) is 9.05. The first kappa shape index (κ1) is 22.7. The fourth-order valence-electron chi connectivity index (χ4n) is 2.75. The van der Waals surface area contributed by atoms with Crippen molar-refractivity contribution in [1.29, 1.82) is 0 Å². The Bertz CT molecular complexity index is 1220. The first-order valence-electron chi connectivity index (χ1n) is 8.50. The molecule has 30 heavy (non-hydrogen) atoms. The Labute approximate surface area is 187 Å². The molecule has 0 saturated heterocycles. The first-order chi connectivity index (χ1) is 14.1. The molecular weight excluding hydrogens is 477 g/mol. The molecule has 1 heterocycles. The van der Waals surface area contributed by atoms with Crippen LogP contribution in [-0.4, -0.2) is 34.7 Å². The summed E-state index contributed by atoms with van der Waals surface area (Å²) in [5, 5.41) is 0.492. The number of hydrogen-bond acceptors (Lipinski definition) is 6. The van der Waals surface area contributed by atoms with Gasteiger partial charge in [-0.05, 0) is 37.3 Å². The van der Waals surface area contributed by atoms with Crippen molar-refractivity contribution < 1.29 is 27.1 Å². The standard InChI is InChI=1S/C19H16Cl3NO6S/c1-10-18(19(24)28-6-5-27-2)12-7-11(3-4-16(12)29-10)23-30(25,26)17-9-14(21)13(20)8-15(17)22/h3-4,7-9,23H,5-6H2,1-2H3. The van der Waals surface area contributed by atoms with E-state index >= 15 is 0 Å². The van der Waals surface area contributed by atoms with Gasteiger partial charge in [0, 0.05) is 18.2 Å². The number of hydrogen-bond donors (Lipinski definition) is 1. The van der Waals surface area contributed by atoms with Crippen LogP contribution in [-0.2, 0) is 19.5 Å². The Morgan fingerprint density at radius 1 is 1.07 bits per heavy atom. The van der Waals surface area contributed by atoms with Gasteiger partial charge in [0.1, 0.15) is 28.4 Å². The van der Waals surface area contributed by atoms with Gasteiger partial charge in [0.25, 0.3) is 10.0 Å². The number of halogens is 3. The molecule has 0 aliphatic rings. The summed E-state index contributed by atoms with van der Waals surface area (Å²) < 4.78 is 43.6. The number of furan rings is 1. The van der Waals surface area contributed by atoms with Gasteiger partial charge in [0.15, 0.2) is 0 Å². The normalized spacial score (nSPS) is 11.6.